The number of halogens is 3. The van der Waals surface area contributed by atoms with Crippen molar-refractivity contribution >= 4 is 27.5 Å². The lowest BCUT2D eigenvalue weighted by Gasteiger charge is -2.20. The van der Waals surface area contributed by atoms with Crippen molar-refractivity contribution in [3.63, 3.8) is 0 Å². The van der Waals surface area contributed by atoms with Gasteiger partial charge in [-0.15, -0.1) is 0 Å². The van der Waals surface area contributed by atoms with E-state index in [2.05, 4.69) is 5.32 Å². The van der Waals surface area contributed by atoms with Crippen LogP contribution in [0.3, 0.4) is 0 Å². The third-order valence-electron chi connectivity index (χ3n) is 4.42. The number of carbonyl (C=O) groups excluding carboxylic acids is 2. The number of amides is 2. The quantitative estimate of drug-likeness (QED) is 0.715. The zero-order valence-electron chi connectivity index (χ0n) is 15.6. The van der Waals surface area contributed by atoms with Crippen LogP contribution in [0.5, 0.6) is 0 Å². The van der Waals surface area contributed by atoms with Crippen molar-refractivity contribution in [2.45, 2.75) is 17.5 Å². The zero-order valence-corrected chi connectivity index (χ0v) is 16.4. The van der Waals surface area contributed by atoms with Gasteiger partial charge in [-0.2, -0.15) is 13.2 Å². The Morgan fingerprint density at radius 1 is 1.03 bits per heavy atom. The lowest BCUT2D eigenvalue weighted by atomic mass is 10.2. The number of benzene rings is 2. The van der Waals surface area contributed by atoms with Gasteiger partial charge in [-0.25, -0.2) is 8.42 Å². The molecule has 160 valence electrons. The van der Waals surface area contributed by atoms with Crippen molar-refractivity contribution < 1.29 is 31.2 Å². The molecule has 0 saturated carbocycles. The SMILES string of the molecule is O=C(CNC(=O)c1cccc(S(=O)(=O)N2CCc3ccccc32)c1)NCC(F)(F)F. The zero-order chi connectivity index (χ0) is 21.9. The first-order valence-corrected chi connectivity index (χ1v) is 10.3. The molecule has 0 radical (unpaired) electrons. The normalized spacial score (nSPS) is 13.6. The van der Waals surface area contributed by atoms with Crippen LogP contribution < -0.4 is 14.9 Å². The molecule has 11 heteroatoms. The lowest BCUT2D eigenvalue weighted by Crippen LogP contribution is -2.40. The highest BCUT2D eigenvalue weighted by molar-refractivity contribution is 7.92. The van der Waals surface area contributed by atoms with Gasteiger partial charge >= 0.3 is 6.18 Å². The van der Waals surface area contributed by atoms with Crippen LogP contribution in [-0.2, 0) is 21.2 Å². The van der Waals surface area contributed by atoms with Crippen molar-refractivity contribution in [2.75, 3.05) is 23.9 Å². The van der Waals surface area contributed by atoms with E-state index >= 15 is 0 Å². The molecule has 0 atom stereocenters. The van der Waals surface area contributed by atoms with E-state index in [1.54, 1.807) is 17.4 Å². The molecule has 2 amide bonds. The summed E-state index contributed by atoms with van der Waals surface area (Å²) in [5, 5.41) is 3.80. The standard InChI is InChI=1S/C19H18F3N3O4S/c20-19(21,22)12-24-17(26)11-23-18(27)14-5-3-6-15(10-14)30(28,29)25-9-8-13-4-1-2-7-16(13)25/h1-7,10H,8-9,11-12H2,(H,23,27)(H,24,26). The Kier molecular flexibility index (Phi) is 6.01. The molecule has 1 aliphatic rings. The molecule has 1 heterocycles. The van der Waals surface area contributed by atoms with E-state index in [4.69, 9.17) is 0 Å². The highest BCUT2D eigenvalue weighted by Gasteiger charge is 2.31. The van der Waals surface area contributed by atoms with Crippen LogP contribution in [0.15, 0.2) is 53.4 Å². The number of hydrogen-bond donors (Lipinski definition) is 2. The van der Waals surface area contributed by atoms with Crippen LogP contribution in [0.4, 0.5) is 18.9 Å². The van der Waals surface area contributed by atoms with E-state index < -0.39 is 41.1 Å². The Hall–Kier alpha value is -3.08. The largest absolute Gasteiger partial charge is 0.405 e. The molecule has 3 rings (SSSR count). The minimum absolute atomic E-state index is 0.0350. The van der Waals surface area contributed by atoms with E-state index in [0.29, 0.717) is 12.1 Å². The minimum atomic E-state index is -4.56. The summed E-state index contributed by atoms with van der Waals surface area (Å²) in [5.41, 5.74) is 1.45. The van der Waals surface area contributed by atoms with Gasteiger partial charge in [0.2, 0.25) is 5.91 Å². The summed E-state index contributed by atoms with van der Waals surface area (Å²) in [4.78, 5) is 23.5. The van der Waals surface area contributed by atoms with Gasteiger partial charge in [-0.05, 0) is 36.2 Å². The second kappa shape index (κ2) is 8.34. The Labute approximate surface area is 170 Å². The van der Waals surface area contributed by atoms with Crippen LogP contribution in [0.1, 0.15) is 15.9 Å². The van der Waals surface area contributed by atoms with Crippen LogP contribution in [0.2, 0.25) is 0 Å². The first-order valence-electron chi connectivity index (χ1n) is 8.90. The Morgan fingerprint density at radius 2 is 1.77 bits per heavy atom. The topological polar surface area (TPSA) is 95.6 Å². The number of sulfonamides is 1. The number of alkyl halides is 3. The molecule has 0 spiro atoms. The summed E-state index contributed by atoms with van der Waals surface area (Å²) in [6, 6.07) is 12.4. The highest BCUT2D eigenvalue weighted by atomic mass is 32.2. The molecule has 2 aromatic rings. The first kappa shape index (κ1) is 21.6. The van der Waals surface area contributed by atoms with E-state index in [1.807, 2.05) is 12.1 Å². The van der Waals surface area contributed by atoms with E-state index in [0.717, 1.165) is 5.56 Å². The van der Waals surface area contributed by atoms with Gasteiger partial charge in [0.25, 0.3) is 15.9 Å². The van der Waals surface area contributed by atoms with Crippen molar-refractivity contribution in [1.29, 1.82) is 0 Å². The van der Waals surface area contributed by atoms with Crippen molar-refractivity contribution in [3.8, 4) is 0 Å². The first-order chi connectivity index (χ1) is 14.1. The van der Waals surface area contributed by atoms with Gasteiger partial charge in [0.05, 0.1) is 17.1 Å². The van der Waals surface area contributed by atoms with Crippen LogP contribution >= 0.6 is 0 Å². The second-order valence-corrected chi connectivity index (χ2v) is 8.42. The lowest BCUT2D eigenvalue weighted by molar-refractivity contribution is -0.137. The van der Waals surface area contributed by atoms with E-state index in [-0.39, 0.29) is 17.0 Å². The monoisotopic (exact) mass is 441 g/mol. The number of carbonyl (C=O) groups is 2. The predicted octanol–water partition coefficient (Wildman–Crippen LogP) is 1.85. The van der Waals surface area contributed by atoms with Crippen molar-refractivity contribution in [2.24, 2.45) is 0 Å². The molecule has 30 heavy (non-hydrogen) atoms. The number of fused-ring (bicyclic) bond motifs is 1. The minimum Gasteiger partial charge on any atom is -0.345 e. The summed E-state index contributed by atoms with van der Waals surface area (Å²) in [6.07, 6.45) is -3.99. The molecule has 7 nitrogen and oxygen atoms in total. The third kappa shape index (κ3) is 4.90. The fourth-order valence-electron chi connectivity index (χ4n) is 3.01. The number of para-hydroxylation sites is 1. The van der Waals surface area contributed by atoms with Crippen molar-refractivity contribution in [3.05, 3.63) is 59.7 Å². The molecule has 1 aliphatic heterocycles. The number of anilines is 1. The molecule has 0 saturated heterocycles. The number of rotatable bonds is 6. The maximum atomic E-state index is 13.0. The number of nitrogens with zero attached hydrogens (tertiary/aromatic N) is 1. The molecular formula is C19H18F3N3O4S. The molecule has 0 fully saturated rings. The maximum Gasteiger partial charge on any atom is 0.405 e. The summed E-state index contributed by atoms with van der Waals surface area (Å²) in [6.45, 7) is -1.91. The maximum absolute atomic E-state index is 13.0. The van der Waals surface area contributed by atoms with Gasteiger partial charge in [-0.1, -0.05) is 24.3 Å². The van der Waals surface area contributed by atoms with Gasteiger partial charge in [-0.3, -0.25) is 13.9 Å². The van der Waals surface area contributed by atoms with Crippen LogP contribution in [-0.4, -0.2) is 46.0 Å². The van der Waals surface area contributed by atoms with Gasteiger partial charge in [0.1, 0.15) is 6.54 Å². The van der Waals surface area contributed by atoms with Gasteiger partial charge < -0.3 is 10.6 Å². The summed E-state index contributed by atoms with van der Waals surface area (Å²) in [5.74, 6) is -1.80. The molecule has 0 unspecified atom stereocenters. The molecular weight excluding hydrogens is 423 g/mol. The summed E-state index contributed by atoms with van der Waals surface area (Å²) in [7, 11) is -3.92. The predicted molar refractivity (Wildman–Crippen MR) is 103 cm³/mol. The second-order valence-electron chi connectivity index (χ2n) is 6.56. The fourth-order valence-corrected chi connectivity index (χ4v) is 4.56. The fraction of sp³-hybridized carbons (Fsp3) is 0.263. The molecule has 2 aromatic carbocycles. The molecule has 2 N–H and O–H groups in total. The van der Waals surface area contributed by atoms with Crippen LogP contribution in [0.25, 0.3) is 0 Å². The number of hydrogen-bond acceptors (Lipinski definition) is 4. The third-order valence-corrected chi connectivity index (χ3v) is 6.23. The summed E-state index contributed by atoms with van der Waals surface area (Å²) >= 11 is 0. The Morgan fingerprint density at radius 3 is 2.50 bits per heavy atom. The summed E-state index contributed by atoms with van der Waals surface area (Å²) < 4.78 is 63.6. The Bertz CT molecular complexity index is 1070. The van der Waals surface area contributed by atoms with Gasteiger partial charge in [0, 0.05) is 12.1 Å². The van der Waals surface area contributed by atoms with Gasteiger partial charge in [0.15, 0.2) is 0 Å². The number of nitrogens with one attached hydrogen (secondary N) is 2. The van der Waals surface area contributed by atoms with Crippen molar-refractivity contribution in [1.82, 2.24) is 10.6 Å². The van der Waals surface area contributed by atoms with E-state index in [9.17, 15) is 31.2 Å². The highest BCUT2D eigenvalue weighted by Crippen LogP contribution is 2.32. The molecule has 0 aromatic heterocycles. The van der Waals surface area contributed by atoms with E-state index in [1.165, 1.54) is 28.6 Å². The average Bonchev–Trinajstić information content (AvgIpc) is 3.15. The average molecular weight is 441 g/mol. The smallest absolute Gasteiger partial charge is 0.345 e. The molecule has 0 aliphatic carbocycles. The Balaban J connectivity index is 1.70. The van der Waals surface area contributed by atoms with Crippen LogP contribution in [0, 0.1) is 0 Å². The molecule has 0 bridgehead atoms.